The Morgan fingerprint density at radius 2 is 2.15 bits per heavy atom. The Balaban J connectivity index is 1.55. The number of methoxy groups -OCH3 is 1. The summed E-state index contributed by atoms with van der Waals surface area (Å²) in [5.41, 5.74) is 0.249. The normalized spacial score (nSPS) is 15.3. The number of ether oxygens (including phenoxy) is 2. The van der Waals surface area contributed by atoms with Gasteiger partial charge >= 0.3 is 0 Å². The summed E-state index contributed by atoms with van der Waals surface area (Å²) < 4.78 is 28.8. The lowest BCUT2D eigenvalue weighted by Crippen LogP contribution is -2.39. The molecule has 2 heterocycles. The molecule has 1 aliphatic rings. The van der Waals surface area contributed by atoms with E-state index in [0.29, 0.717) is 30.5 Å². The molecular weight excluding hydrogens is 363 g/mol. The molecule has 0 radical (unpaired) electrons. The first-order valence-corrected chi connectivity index (χ1v) is 8.76. The summed E-state index contributed by atoms with van der Waals surface area (Å²) in [6.07, 6.45) is 1.83. The molecule has 26 heavy (non-hydrogen) atoms. The predicted molar refractivity (Wildman–Crippen MR) is 92.7 cm³/mol. The van der Waals surface area contributed by atoms with Crippen LogP contribution in [0.15, 0.2) is 28.8 Å². The molecular formula is C18H20ClFN2O4. The Bertz CT molecular complexity index is 759. The van der Waals surface area contributed by atoms with Crippen molar-refractivity contribution in [3.05, 3.63) is 46.6 Å². The largest absolute Gasteiger partial charge is 0.484 e. The first-order valence-electron chi connectivity index (χ1n) is 8.38. The lowest BCUT2D eigenvalue weighted by molar-refractivity contribution is 0.0604. The van der Waals surface area contributed by atoms with Crippen LogP contribution in [-0.4, -0.2) is 42.8 Å². The number of piperidine rings is 1. The summed E-state index contributed by atoms with van der Waals surface area (Å²) in [5, 5.41) is 4.00. The molecule has 0 saturated carbocycles. The molecule has 140 valence electrons. The molecule has 0 N–H and O–H groups in total. The fourth-order valence-corrected chi connectivity index (χ4v) is 3.15. The summed E-state index contributed by atoms with van der Waals surface area (Å²) >= 11 is 5.91. The average Bonchev–Trinajstić information content (AvgIpc) is 3.10. The highest BCUT2D eigenvalue weighted by Crippen LogP contribution is 2.26. The first kappa shape index (κ1) is 18.7. The number of carbonyl (C=O) groups excluding carboxylic acids is 1. The maximum Gasteiger partial charge on any atom is 0.276 e. The minimum atomic E-state index is -0.441. The lowest BCUT2D eigenvalue weighted by atomic mass is 9.97. The molecule has 0 aliphatic carbocycles. The molecule has 1 aromatic carbocycles. The number of hydrogen-bond donors (Lipinski definition) is 0. The van der Waals surface area contributed by atoms with Crippen LogP contribution in [0, 0.1) is 11.7 Å². The zero-order valence-corrected chi connectivity index (χ0v) is 15.2. The Hall–Kier alpha value is -2.12. The number of benzene rings is 1. The Labute approximate surface area is 155 Å². The number of hydrogen-bond acceptors (Lipinski definition) is 5. The monoisotopic (exact) mass is 382 g/mol. The fraction of sp³-hybridized carbons (Fsp3) is 0.444. The summed E-state index contributed by atoms with van der Waals surface area (Å²) in [6, 6.07) is 5.41. The van der Waals surface area contributed by atoms with E-state index >= 15 is 0 Å². The number of likely N-dealkylation sites (tertiary alicyclic amines) is 1. The third kappa shape index (κ3) is 4.53. The SMILES string of the molecule is COCC1CCN(C(=O)c2cc(COc3ccc(F)cc3Cl)on2)CC1. The minimum Gasteiger partial charge on any atom is -0.484 e. The third-order valence-corrected chi connectivity index (χ3v) is 4.64. The first-order chi connectivity index (χ1) is 12.6. The summed E-state index contributed by atoms with van der Waals surface area (Å²) in [5.74, 6) is 0.617. The van der Waals surface area contributed by atoms with Crippen molar-refractivity contribution < 1.29 is 23.2 Å². The van der Waals surface area contributed by atoms with E-state index in [4.69, 9.17) is 25.6 Å². The van der Waals surface area contributed by atoms with E-state index in [2.05, 4.69) is 5.16 Å². The molecule has 1 aromatic heterocycles. The van der Waals surface area contributed by atoms with Crippen LogP contribution in [0.3, 0.4) is 0 Å². The van der Waals surface area contributed by atoms with Crippen molar-refractivity contribution in [2.75, 3.05) is 26.8 Å². The van der Waals surface area contributed by atoms with Crippen molar-refractivity contribution in [1.82, 2.24) is 10.1 Å². The average molecular weight is 383 g/mol. The van der Waals surface area contributed by atoms with Crippen molar-refractivity contribution in [3.63, 3.8) is 0 Å². The van der Waals surface area contributed by atoms with Gasteiger partial charge in [0.25, 0.3) is 5.91 Å². The van der Waals surface area contributed by atoms with Crippen molar-refractivity contribution >= 4 is 17.5 Å². The predicted octanol–water partition coefficient (Wildman–Crippen LogP) is 3.54. The molecule has 6 nitrogen and oxygen atoms in total. The molecule has 0 spiro atoms. The van der Waals surface area contributed by atoms with Gasteiger partial charge in [-0.05, 0) is 37.0 Å². The van der Waals surface area contributed by atoms with Gasteiger partial charge in [-0.1, -0.05) is 16.8 Å². The highest BCUT2D eigenvalue weighted by Gasteiger charge is 2.25. The number of amides is 1. The van der Waals surface area contributed by atoms with Crippen LogP contribution in [-0.2, 0) is 11.3 Å². The van der Waals surface area contributed by atoms with Gasteiger partial charge in [0.05, 0.1) is 5.02 Å². The summed E-state index contributed by atoms with van der Waals surface area (Å²) in [4.78, 5) is 14.3. The van der Waals surface area contributed by atoms with E-state index < -0.39 is 5.82 Å². The molecule has 1 aliphatic heterocycles. The maximum absolute atomic E-state index is 13.0. The van der Waals surface area contributed by atoms with Crippen LogP contribution >= 0.6 is 11.6 Å². The highest BCUT2D eigenvalue weighted by atomic mass is 35.5. The van der Waals surface area contributed by atoms with Gasteiger partial charge in [-0.25, -0.2) is 4.39 Å². The molecule has 1 fully saturated rings. The quantitative estimate of drug-likeness (QED) is 0.764. The van der Waals surface area contributed by atoms with Crippen molar-refractivity contribution in [2.45, 2.75) is 19.4 Å². The summed E-state index contributed by atoms with van der Waals surface area (Å²) in [6.45, 7) is 2.12. The van der Waals surface area contributed by atoms with Crippen LogP contribution in [0.4, 0.5) is 4.39 Å². The fourth-order valence-electron chi connectivity index (χ4n) is 2.92. The molecule has 1 amide bonds. The van der Waals surface area contributed by atoms with Crippen molar-refractivity contribution in [3.8, 4) is 5.75 Å². The number of carbonyl (C=O) groups is 1. The number of halogens is 2. The van der Waals surface area contributed by atoms with Gasteiger partial charge in [0.15, 0.2) is 11.5 Å². The summed E-state index contributed by atoms with van der Waals surface area (Å²) in [7, 11) is 1.69. The number of rotatable bonds is 6. The molecule has 0 unspecified atom stereocenters. The second kappa shape index (κ2) is 8.51. The van der Waals surface area contributed by atoms with E-state index in [1.807, 2.05) is 0 Å². The van der Waals surface area contributed by atoms with Gasteiger partial charge < -0.3 is 18.9 Å². The lowest BCUT2D eigenvalue weighted by Gasteiger charge is -2.31. The molecule has 1 saturated heterocycles. The minimum absolute atomic E-state index is 0.0432. The molecule has 0 bridgehead atoms. The van der Waals surface area contributed by atoms with Crippen LogP contribution in [0.25, 0.3) is 0 Å². The number of nitrogens with zero attached hydrogens (tertiary/aromatic N) is 2. The third-order valence-electron chi connectivity index (χ3n) is 4.35. The number of aromatic nitrogens is 1. The van der Waals surface area contributed by atoms with Gasteiger partial charge in [0, 0.05) is 32.9 Å². The van der Waals surface area contributed by atoms with Crippen LogP contribution in [0.1, 0.15) is 29.1 Å². The topological polar surface area (TPSA) is 64.8 Å². The van der Waals surface area contributed by atoms with Crippen molar-refractivity contribution in [1.29, 1.82) is 0 Å². The van der Waals surface area contributed by atoms with Gasteiger partial charge in [0.2, 0.25) is 0 Å². The van der Waals surface area contributed by atoms with Gasteiger partial charge in [-0.3, -0.25) is 4.79 Å². The smallest absolute Gasteiger partial charge is 0.276 e. The zero-order chi connectivity index (χ0) is 18.5. The van der Waals surface area contributed by atoms with E-state index in [1.54, 1.807) is 18.1 Å². The van der Waals surface area contributed by atoms with E-state index in [9.17, 15) is 9.18 Å². The second-order valence-electron chi connectivity index (χ2n) is 6.23. The molecule has 0 atom stereocenters. The Morgan fingerprint density at radius 3 is 2.85 bits per heavy atom. The Morgan fingerprint density at radius 1 is 1.38 bits per heavy atom. The second-order valence-corrected chi connectivity index (χ2v) is 6.64. The van der Waals surface area contributed by atoms with Crippen LogP contribution in [0.5, 0.6) is 5.75 Å². The molecule has 2 aromatic rings. The van der Waals surface area contributed by atoms with E-state index in [1.165, 1.54) is 18.2 Å². The van der Waals surface area contributed by atoms with Crippen LogP contribution < -0.4 is 4.74 Å². The van der Waals surface area contributed by atoms with E-state index in [-0.39, 0.29) is 23.2 Å². The van der Waals surface area contributed by atoms with Gasteiger partial charge in [-0.2, -0.15) is 0 Å². The van der Waals surface area contributed by atoms with Gasteiger partial charge in [0.1, 0.15) is 18.2 Å². The standard InChI is InChI=1S/C18H20ClFN2O4/c1-24-10-12-4-6-22(7-5-12)18(23)16-9-14(26-21-16)11-25-17-3-2-13(20)8-15(17)19/h2-3,8-9,12H,4-7,10-11H2,1H3. The highest BCUT2D eigenvalue weighted by molar-refractivity contribution is 6.32. The molecule has 3 rings (SSSR count). The van der Waals surface area contributed by atoms with Crippen LogP contribution in [0.2, 0.25) is 5.02 Å². The van der Waals surface area contributed by atoms with Crippen molar-refractivity contribution in [2.24, 2.45) is 5.92 Å². The zero-order valence-electron chi connectivity index (χ0n) is 14.4. The van der Waals surface area contributed by atoms with Gasteiger partial charge in [-0.15, -0.1) is 0 Å². The molecule has 8 heteroatoms. The van der Waals surface area contributed by atoms with E-state index in [0.717, 1.165) is 19.4 Å². The Kier molecular flexibility index (Phi) is 6.11. The maximum atomic E-state index is 13.0.